The standard InChI is InChI=1S/C14H12Br2O2S/c1-10-2-4-14(5-3-10)19(17,18)9-11-6-12(15)8-13(16)7-11/h2-8H,9H2,1H3. The second-order valence-electron chi connectivity index (χ2n) is 4.35. The molecule has 5 heteroatoms. The van der Waals surface area contributed by atoms with Gasteiger partial charge >= 0.3 is 0 Å². The van der Waals surface area contributed by atoms with E-state index in [0.717, 1.165) is 20.1 Å². The van der Waals surface area contributed by atoms with Crippen LogP contribution in [0.25, 0.3) is 0 Å². The first kappa shape index (κ1) is 14.8. The fraction of sp³-hybridized carbons (Fsp3) is 0.143. The van der Waals surface area contributed by atoms with Crippen molar-refractivity contribution in [3.63, 3.8) is 0 Å². The van der Waals surface area contributed by atoms with Gasteiger partial charge in [0.2, 0.25) is 0 Å². The minimum Gasteiger partial charge on any atom is -0.223 e. The fourth-order valence-electron chi connectivity index (χ4n) is 1.74. The van der Waals surface area contributed by atoms with Crippen molar-refractivity contribution in [2.45, 2.75) is 17.6 Å². The lowest BCUT2D eigenvalue weighted by molar-refractivity contribution is 0.595. The molecule has 2 rings (SSSR count). The van der Waals surface area contributed by atoms with E-state index in [1.807, 2.05) is 37.3 Å². The maximum atomic E-state index is 12.3. The maximum Gasteiger partial charge on any atom is 0.182 e. The number of hydrogen-bond donors (Lipinski definition) is 0. The molecule has 0 spiro atoms. The first-order valence-corrected chi connectivity index (χ1v) is 8.85. The molecule has 0 radical (unpaired) electrons. The normalized spacial score (nSPS) is 11.5. The van der Waals surface area contributed by atoms with E-state index in [4.69, 9.17) is 0 Å². The van der Waals surface area contributed by atoms with Crippen LogP contribution in [-0.4, -0.2) is 8.42 Å². The summed E-state index contributed by atoms with van der Waals surface area (Å²) in [5.41, 5.74) is 1.80. The van der Waals surface area contributed by atoms with Crippen LogP contribution in [0.5, 0.6) is 0 Å². The SMILES string of the molecule is Cc1ccc(S(=O)(=O)Cc2cc(Br)cc(Br)c2)cc1. The number of hydrogen-bond acceptors (Lipinski definition) is 2. The van der Waals surface area contributed by atoms with Gasteiger partial charge in [-0.2, -0.15) is 0 Å². The molecule has 2 aromatic rings. The molecule has 0 aliphatic rings. The van der Waals surface area contributed by atoms with Gasteiger partial charge in [0.15, 0.2) is 9.84 Å². The van der Waals surface area contributed by atoms with Crippen LogP contribution in [0.4, 0.5) is 0 Å². The number of aryl methyl sites for hydroxylation is 1. The lowest BCUT2D eigenvalue weighted by Crippen LogP contribution is -2.05. The molecular weight excluding hydrogens is 392 g/mol. The van der Waals surface area contributed by atoms with Crippen molar-refractivity contribution >= 4 is 41.7 Å². The van der Waals surface area contributed by atoms with Crippen molar-refractivity contribution in [3.05, 3.63) is 62.5 Å². The van der Waals surface area contributed by atoms with E-state index >= 15 is 0 Å². The van der Waals surface area contributed by atoms with Gasteiger partial charge in [0, 0.05) is 8.95 Å². The van der Waals surface area contributed by atoms with Crippen molar-refractivity contribution in [3.8, 4) is 0 Å². The van der Waals surface area contributed by atoms with Gasteiger partial charge in [-0.05, 0) is 42.8 Å². The number of halogens is 2. The average molecular weight is 404 g/mol. The summed E-state index contributed by atoms with van der Waals surface area (Å²) in [5, 5.41) is 0. The molecule has 2 nitrogen and oxygen atoms in total. The van der Waals surface area contributed by atoms with E-state index in [-0.39, 0.29) is 5.75 Å². The largest absolute Gasteiger partial charge is 0.223 e. The van der Waals surface area contributed by atoms with Gasteiger partial charge in [-0.3, -0.25) is 0 Å². The highest BCUT2D eigenvalue weighted by molar-refractivity contribution is 9.11. The molecule has 100 valence electrons. The molecule has 0 bridgehead atoms. The Morgan fingerprint density at radius 1 is 0.947 bits per heavy atom. The quantitative estimate of drug-likeness (QED) is 0.756. The summed E-state index contributed by atoms with van der Waals surface area (Å²) in [5.74, 6) is -0.00585. The minimum absolute atomic E-state index is 0.00585. The Balaban J connectivity index is 2.33. The van der Waals surface area contributed by atoms with Crippen LogP contribution in [0.15, 0.2) is 56.3 Å². The van der Waals surface area contributed by atoms with Crippen molar-refractivity contribution in [2.75, 3.05) is 0 Å². The van der Waals surface area contributed by atoms with Gasteiger partial charge in [0.1, 0.15) is 0 Å². The van der Waals surface area contributed by atoms with Gasteiger partial charge in [0.05, 0.1) is 10.6 Å². The predicted molar refractivity (Wildman–Crippen MR) is 83.9 cm³/mol. The zero-order valence-electron chi connectivity index (χ0n) is 10.2. The van der Waals surface area contributed by atoms with E-state index in [0.29, 0.717) is 4.90 Å². The zero-order chi connectivity index (χ0) is 14.0. The Labute approximate surface area is 130 Å². The minimum atomic E-state index is -3.31. The van der Waals surface area contributed by atoms with E-state index in [2.05, 4.69) is 31.9 Å². The third-order valence-corrected chi connectivity index (χ3v) is 5.28. The Morgan fingerprint density at radius 2 is 1.47 bits per heavy atom. The molecule has 0 heterocycles. The number of benzene rings is 2. The molecule has 0 N–H and O–H groups in total. The van der Waals surface area contributed by atoms with Gasteiger partial charge in [-0.25, -0.2) is 8.42 Å². The van der Waals surface area contributed by atoms with Crippen LogP contribution in [0.2, 0.25) is 0 Å². The summed E-state index contributed by atoms with van der Waals surface area (Å²) in [6.07, 6.45) is 0. The molecule has 0 aliphatic carbocycles. The molecule has 19 heavy (non-hydrogen) atoms. The molecular formula is C14H12Br2O2S. The van der Waals surface area contributed by atoms with Crippen molar-refractivity contribution in [2.24, 2.45) is 0 Å². The lowest BCUT2D eigenvalue weighted by Gasteiger charge is -2.06. The Kier molecular flexibility index (Phi) is 4.48. The average Bonchev–Trinajstić information content (AvgIpc) is 2.27. The molecule has 0 fully saturated rings. The molecule has 0 unspecified atom stereocenters. The summed E-state index contributed by atoms with van der Waals surface area (Å²) >= 11 is 6.72. The highest BCUT2D eigenvalue weighted by Gasteiger charge is 2.15. The number of rotatable bonds is 3. The molecule has 0 atom stereocenters. The summed E-state index contributed by atoms with van der Waals surface area (Å²) in [7, 11) is -3.31. The van der Waals surface area contributed by atoms with E-state index in [9.17, 15) is 8.42 Å². The van der Waals surface area contributed by atoms with Gasteiger partial charge in [-0.1, -0.05) is 49.6 Å². The smallest absolute Gasteiger partial charge is 0.182 e. The van der Waals surface area contributed by atoms with Gasteiger partial charge in [0.25, 0.3) is 0 Å². The predicted octanol–water partition coefficient (Wildman–Crippen LogP) is 4.49. The molecule has 0 saturated carbocycles. The van der Waals surface area contributed by atoms with E-state index < -0.39 is 9.84 Å². The Bertz CT molecular complexity index is 672. The topological polar surface area (TPSA) is 34.1 Å². The highest BCUT2D eigenvalue weighted by Crippen LogP contribution is 2.23. The first-order chi connectivity index (χ1) is 8.87. The zero-order valence-corrected chi connectivity index (χ0v) is 14.2. The second-order valence-corrected chi connectivity index (χ2v) is 8.17. The molecule has 0 aromatic heterocycles. The molecule has 0 aliphatic heterocycles. The highest BCUT2D eigenvalue weighted by atomic mass is 79.9. The van der Waals surface area contributed by atoms with Crippen molar-refractivity contribution in [1.29, 1.82) is 0 Å². The van der Waals surface area contributed by atoms with Crippen LogP contribution in [0, 0.1) is 6.92 Å². The third kappa shape index (κ3) is 3.91. The maximum absolute atomic E-state index is 12.3. The summed E-state index contributed by atoms with van der Waals surface area (Å²) in [6, 6.07) is 12.4. The van der Waals surface area contributed by atoms with Crippen LogP contribution in [-0.2, 0) is 15.6 Å². The van der Waals surface area contributed by atoms with Crippen molar-refractivity contribution < 1.29 is 8.42 Å². The van der Waals surface area contributed by atoms with Crippen LogP contribution in [0.3, 0.4) is 0 Å². The summed E-state index contributed by atoms with van der Waals surface area (Å²) < 4.78 is 26.3. The summed E-state index contributed by atoms with van der Waals surface area (Å²) in [4.78, 5) is 0.356. The Morgan fingerprint density at radius 3 is 2.00 bits per heavy atom. The van der Waals surface area contributed by atoms with E-state index in [1.165, 1.54) is 0 Å². The molecule has 0 saturated heterocycles. The molecule has 2 aromatic carbocycles. The van der Waals surface area contributed by atoms with Crippen LogP contribution in [0.1, 0.15) is 11.1 Å². The van der Waals surface area contributed by atoms with Crippen LogP contribution >= 0.6 is 31.9 Å². The summed E-state index contributed by atoms with van der Waals surface area (Å²) in [6.45, 7) is 1.93. The monoisotopic (exact) mass is 402 g/mol. The Hall–Kier alpha value is -0.650. The third-order valence-electron chi connectivity index (χ3n) is 2.66. The number of sulfone groups is 1. The van der Waals surface area contributed by atoms with Gasteiger partial charge < -0.3 is 0 Å². The second kappa shape index (κ2) is 5.77. The van der Waals surface area contributed by atoms with Crippen LogP contribution < -0.4 is 0 Å². The van der Waals surface area contributed by atoms with Crippen molar-refractivity contribution in [1.82, 2.24) is 0 Å². The van der Waals surface area contributed by atoms with Gasteiger partial charge in [-0.15, -0.1) is 0 Å². The first-order valence-electron chi connectivity index (χ1n) is 5.61. The fourth-order valence-corrected chi connectivity index (χ4v) is 4.45. The molecule has 0 amide bonds. The van der Waals surface area contributed by atoms with E-state index in [1.54, 1.807) is 12.1 Å². The lowest BCUT2D eigenvalue weighted by atomic mass is 10.2.